The van der Waals surface area contributed by atoms with Crippen LogP contribution in [0.5, 0.6) is 5.75 Å². The van der Waals surface area contributed by atoms with Gasteiger partial charge in [-0.25, -0.2) is 4.39 Å². The lowest BCUT2D eigenvalue weighted by molar-refractivity contribution is -0.137. The fraction of sp³-hybridized carbons (Fsp3) is 0.389. The van der Waals surface area contributed by atoms with E-state index in [1.165, 1.54) is 12.1 Å². The van der Waals surface area contributed by atoms with E-state index in [0.29, 0.717) is 32.5 Å². The van der Waals surface area contributed by atoms with E-state index in [0.717, 1.165) is 11.1 Å². The molecule has 0 aromatic heterocycles. The second-order valence-corrected chi connectivity index (χ2v) is 12.2. The molecule has 0 unspecified atom stereocenters. The van der Waals surface area contributed by atoms with Crippen LogP contribution in [0.25, 0.3) is 0 Å². The highest BCUT2D eigenvalue weighted by Gasteiger charge is 2.37. The Morgan fingerprint density at radius 3 is 2.45 bits per heavy atom. The van der Waals surface area contributed by atoms with Gasteiger partial charge in [-0.05, 0) is 61.6 Å². The van der Waals surface area contributed by atoms with Crippen molar-refractivity contribution in [1.82, 2.24) is 20.9 Å². The van der Waals surface area contributed by atoms with Crippen molar-refractivity contribution in [2.45, 2.75) is 56.1 Å². The number of hydrogen-bond acceptors (Lipinski definition) is 6. The number of likely N-dealkylation sites (N-methyl/N-ethyl adjacent to an activating group) is 1. The number of fused-ring (bicyclic) bond motifs is 1. The van der Waals surface area contributed by atoms with Crippen LogP contribution in [-0.4, -0.2) is 80.1 Å². The predicted octanol–water partition coefficient (Wildman–Crippen LogP) is 3.15. The molecule has 1 saturated heterocycles. The molecule has 2 heterocycles. The third-order valence-corrected chi connectivity index (χ3v) is 9.02. The van der Waals surface area contributed by atoms with E-state index >= 15 is 0 Å². The van der Waals surface area contributed by atoms with Crippen LogP contribution in [0, 0.1) is 5.82 Å². The van der Waals surface area contributed by atoms with E-state index in [-0.39, 0.29) is 36.2 Å². The molecule has 1 fully saturated rings. The lowest BCUT2D eigenvalue weighted by atomic mass is 9.74. The van der Waals surface area contributed by atoms with Gasteiger partial charge in [-0.3, -0.25) is 19.2 Å². The molecule has 47 heavy (non-hydrogen) atoms. The maximum absolute atomic E-state index is 14.2. The Hall–Kier alpha value is -4.77. The Balaban J connectivity index is 1.39. The van der Waals surface area contributed by atoms with Gasteiger partial charge >= 0.3 is 0 Å². The van der Waals surface area contributed by atoms with Crippen molar-refractivity contribution in [3.63, 3.8) is 0 Å². The predicted molar refractivity (Wildman–Crippen MR) is 173 cm³/mol. The number of amides is 4. The van der Waals surface area contributed by atoms with Crippen molar-refractivity contribution in [3.05, 3.63) is 101 Å². The Kier molecular flexibility index (Phi) is 10.9. The lowest BCUT2D eigenvalue weighted by Gasteiger charge is -2.38. The molecule has 0 spiro atoms. The van der Waals surface area contributed by atoms with Crippen LogP contribution in [0.4, 0.5) is 4.39 Å². The van der Waals surface area contributed by atoms with Gasteiger partial charge in [0, 0.05) is 32.2 Å². The smallest absolute Gasteiger partial charge is 0.255 e. The quantitative estimate of drug-likeness (QED) is 0.379. The summed E-state index contributed by atoms with van der Waals surface area (Å²) in [6.07, 6.45) is 1.18. The first-order chi connectivity index (χ1) is 22.6. The number of ether oxygens (including phenoxy) is 2. The minimum Gasteiger partial charge on any atom is -0.491 e. The van der Waals surface area contributed by atoms with E-state index in [2.05, 4.69) is 16.0 Å². The highest BCUT2D eigenvalue weighted by Crippen LogP contribution is 2.34. The molecule has 0 radical (unpaired) electrons. The van der Waals surface area contributed by atoms with E-state index < -0.39 is 47.7 Å². The average Bonchev–Trinajstić information content (AvgIpc) is 3.08. The number of halogens is 1. The Morgan fingerprint density at radius 1 is 0.979 bits per heavy atom. The summed E-state index contributed by atoms with van der Waals surface area (Å²) in [4.78, 5) is 55.7. The number of rotatable bonds is 6. The molecule has 11 heteroatoms. The molecule has 10 nitrogen and oxygen atoms in total. The van der Waals surface area contributed by atoms with Crippen molar-refractivity contribution >= 4 is 23.6 Å². The molecule has 0 saturated carbocycles. The summed E-state index contributed by atoms with van der Waals surface area (Å²) in [6, 6.07) is 20.0. The zero-order valence-corrected chi connectivity index (χ0v) is 26.7. The van der Waals surface area contributed by atoms with Crippen molar-refractivity contribution in [1.29, 1.82) is 0 Å². The molecule has 3 atom stereocenters. The number of hydrogen-bond donors (Lipinski definition) is 3. The normalized spacial score (nSPS) is 22.1. The first kappa shape index (κ1) is 33.6. The Morgan fingerprint density at radius 2 is 1.70 bits per heavy atom. The van der Waals surface area contributed by atoms with Crippen molar-refractivity contribution < 1.29 is 33.0 Å². The summed E-state index contributed by atoms with van der Waals surface area (Å²) in [7, 11) is 1.66. The van der Waals surface area contributed by atoms with Crippen LogP contribution in [0.2, 0.25) is 0 Å². The zero-order chi connectivity index (χ0) is 33.4. The number of carbonyl (C=O) groups excluding carboxylic acids is 4. The van der Waals surface area contributed by atoms with Gasteiger partial charge in [0.25, 0.3) is 5.91 Å². The SMILES string of the molecule is C[C@@H]1NC(=O)C[C@@H](C(=O)NCC2(c3cccc(F)c3)CCOCC2)NC(=O)c2ccccc2OC[C@H](Cc2ccccc2)N(C)C1=O. The molecule has 5 rings (SSSR count). The number of carbonyl (C=O) groups is 4. The monoisotopic (exact) mass is 644 g/mol. The molecule has 2 aliphatic heterocycles. The van der Waals surface area contributed by atoms with Gasteiger partial charge in [0.15, 0.2) is 0 Å². The largest absolute Gasteiger partial charge is 0.491 e. The summed E-state index contributed by atoms with van der Waals surface area (Å²) < 4.78 is 25.9. The number of nitrogens with zero attached hydrogens (tertiary/aromatic N) is 1. The van der Waals surface area contributed by atoms with Crippen molar-refractivity contribution in [2.24, 2.45) is 0 Å². The highest BCUT2D eigenvalue weighted by molar-refractivity contribution is 6.01. The fourth-order valence-electron chi connectivity index (χ4n) is 6.17. The minimum atomic E-state index is -1.27. The number of benzene rings is 3. The standard InChI is InChI=1S/C36H41FN4O6/c1-24-35(45)41(2)28(19-25-9-4-3-5-10-25)22-47-31-14-7-6-13-29(31)33(43)40-30(21-32(42)39-24)34(44)38-23-36(15-17-46-18-16-36)26-11-8-12-27(37)20-26/h3-14,20,24,28,30H,15-19,21-23H2,1-2H3,(H,38,44)(H,39,42)(H,40,43)/t24-,28-,30-/m0/s1. The molecule has 3 aromatic rings. The van der Waals surface area contributed by atoms with E-state index in [1.807, 2.05) is 36.4 Å². The van der Waals surface area contributed by atoms with Gasteiger partial charge in [0.05, 0.1) is 18.0 Å². The molecule has 248 valence electrons. The van der Waals surface area contributed by atoms with Crippen molar-refractivity contribution in [2.75, 3.05) is 33.4 Å². The maximum atomic E-state index is 14.2. The zero-order valence-electron chi connectivity index (χ0n) is 26.7. The van der Waals surface area contributed by atoms with Crippen LogP contribution in [-0.2, 0) is 31.0 Å². The third kappa shape index (κ3) is 8.34. The fourth-order valence-corrected chi connectivity index (χ4v) is 6.17. The molecule has 0 bridgehead atoms. The molecular weight excluding hydrogens is 603 g/mol. The molecular formula is C36H41FN4O6. The second kappa shape index (κ2) is 15.2. The minimum absolute atomic E-state index is 0.0812. The lowest BCUT2D eigenvalue weighted by Crippen LogP contribution is -2.55. The second-order valence-electron chi connectivity index (χ2n) is 12.2. The van der Waals surface area contributed by atoms with Gasteiger partial charge in [-0.15, -0.1) is 0 Å². The van der Waals surface area contributed by atoms with Gasteiger partial charge < -0.3 is 30.3 Å². The highest BCUT2D eigenvalue weighted by atomic mass is 19.1. The number of nitrogens with one attached hydrogen (secondary N) is 3. The first-order valence-corrected chi connectivity index (χ1v) is 15.9. The van der Waals surface area contributed by atoms with Crippen LogP contribution >= 0.6 is 0 Å². The summed E-state index contributed by atoms with van der Waals surface area (Å²) in [6.45, 7) is 2.70. The topological polar surface area (TPSA) is 126 Å². The van der Waals surface area contributed by atoms with Gasteiger partial charge in [-0.2, -0.15) is 0 Å². The van der Waals surface area contributed by atoms with Crippen LogP contribution < -0.4 is 20.7 Å². The van der Waals surface area contributed by atoms with Crippen LogP contribution in [0.3, 0.4) is 0 Å². The molecule has 3 aromatic carbocycles. The summed E-state index contributed by atoms with van der Waals surface area (Å²) in [5.74, 6) is -2.17. The van der Waals surface area contributed by atoms with E-state index in [1.54, 1.807) is 49.2 Å². The summed E-state index contributed by atoms with van der Waals surface area (Å²) in [5, 5.41) is 8.34. The van der Waals surface area contributed by atoms with E-state index in [4.69, 9.17) is 9.47 Å². The van der Waals surface area contributed by atoms with Gasteiger partial charge in [-0.1, -0.05) is 54.6 Å². The van der Waals surface area contributed by atoms with Gasteiger partial charge in [0.2, 0.25) is 17.7 Å². The van der Waals surface area contributed by atoms with Gasteiger partial charge in [0.1, 0.15) is 30.3 Å². The molecule has 4 amide bonds. The van der Waals surface area contributed by atoms with Crippen molar-refractivity contribution in [3.8, 4) is 5.75 Å². The maximum Gasteiger partial charge on any atom is 0.255 e. The molecule has 0 aliphatic carbocycles. The van der Waals surface area contributed by atoms with Crippen LogP contribution in [0.15, 0.2) is 78.9 Å². The molecule has 3 N–H and O–H groups in total. The summed E-state index contributed by atoms with van der Waals surface area (Å²) in [5.41, 5.74) is 1.33. The number of para-hydroxylation sites is 1. The summed E-state index contributed by atoms with van der Waals surface area (Å²) >= 11 is 0. The van der Waals surface area contributed by atoms with E-state index in [9.17, 15) is 23.6 Å². The Bertz CT molecular complexity index is 1580. The Labute approximate surface area is 274 Å². The average molecular weight is 645 g/mol. The molecule has 2 aliphatic rings. The van der Waals surface area contributed by atoms with Crippen LogP contribution in [0.1, 0.15) is 47.7 Å². The first-order valence-electron chi connectivity index (χ1n) is 15.9. The third-order valence-electron chi connectivity index (χ3n) is 9.02.